The zero-order chi connectivity index (χ0) is 20.3. The van der Waals surface area contributed by atoms with Crippen LogP contribution in [0.4, 0.5) is 4.79 Å². The largest absolute Gasteiger partial charge is 0.461 e. The lowest BCUT2D eigenvalue weighted by Gasteiger charge is -2.23. The van der Waals surface area contributed by atoms with E-state index in [-0.39, 0.29) is 26.2 Å². The van der Waals surface area contributed by atoms with Crippen LogP contribution in [0.1, 0.15) is 39.2 Å². The van der Waals surface area contributed by atoms with Gasteiger partial charge in [0, 0.05) is 13.5 Å². The molecule has 1 rings (SSSR count). The minimum atomic E-state index is -0.945. The van der Waals surface area contributed by atoms with E-state index >= 15 is 0 Å². The highest BCUT2D eigenvalue weighted by Crippen LogP contribution is 2.09. The first kappa shape index (κ1) is 22.4. The van der Waals surface area contributed by atoms with Crippen LogP contribution in [0.15, 0.2) is 30.3 Å². The van der Waals surface area contributed by atoms with Crippen molar-refractivity contribution >= 4 is 18.0 Å². The van der Waals surface area contributed by atoms with E-state index in [0.29, 0.717) is 0 Å². The molecular formula is C19H28N2O6. The first-order valence-electron chi connectivity index (χ1n) is 8.67. The second kappa shape index (κ2) is 11.2. The van der Waals surface area contributed by atoms with Crippen LogP contribution in [-0.4, -0.2) is 43.5 Å². The Morgan fingerprint density at radius 3 is 2.37 bits per heavy atom. The number of rotatable bonds is 9. The van der Waals surface area contributed by atoms with E-state index in [1.54, 1.807) is 20.8 Å². The van der Waals surface area contributed by atoms with Crippen molar-refractivity contribution in [2.24, 2.45) is 0 Å². The normalized spacial score (nSPS) is 12.0. The van der Waals surface area contributed by atoms with Crippen LogP contribution in [0, 0.1) is 0 Å². The molecule has 0 fully saturated rings. The van der Waals surface area contributed by atoms with Crippen molar-refractivity contribution < 1.29 is 28.6 Å². The van der Waals surface area contributed by atoms with Crippen LogP contribution in [0.5, 0.6) is 0 Å². The first-order chi connectivity index (χ1) is 12.7. The summed E-state index contributed by atoms with van der Waals surface area (Å²) in [6, 6.07) is 8.32. The monoisotopic (exact) mass is 380 g/mol. The van der Waals surface area contributed by atoms with E-state index in [1.807, 2.05) is 30.3 Å². The van der Waals surface area contributed by atoms with Gasteiger partial charge < -0.3 is 24.8 Å². The van der Waals surface area contributed by atoms with Gasteiger partial charge in [-0.2, -0.15) is 0 Å². The Kier molecular flexibility index (Phi) is 9.29. The van der Waals surface area contributed by atoms with Crippen molar-refractivity contribution in [3.8, 4) is 0 Å². The molecule has 150 valence electrons. The number of methoxy groups -OCH3 is 1. The Labute approximate surface area is 159 Å². The summed E-state index contributed by atoms with van der Waals surface area (Å²) in [5.74, 6) is -0.937. The molecule has 0 aliphatic carbocycles. The highest BCUT2D eigenvalue weighted by molar-refractivity contribution is 5.86. The molecule has 0 heterocycles. The molecule has 0 aliphatic heterocycles. The summed E-state index contributed by atoms with van der Waals surface area (Å²) < 4.78 is 15.1. The second-order valence-corrected chi connectivity index (χ2v) is 6.86. The van der Waals surface area contributed by atoms with Gasteiger partial charge in [-0.15, -0.1) is 0 Å². The Bertz CT molecular complexity index is 612. The number of hydrogen-bond donors (Lipinski definition) is 2. The average Bonchev–Trinajstić information content (AvgIpc) is 2.60. The molecule has 0 aromatic heterocycles. The van der Waals surface area contributed by atoms with E-state index in [4.69, 9.17) is 14.2 Å². The van der Waals surface area contributed by atoms with E-state index < -0.39 is 29.6 Å². The van der Waals surface area contributed by atoms with Crippen LogP contribution in [0.25, 0.3) is 0 Å². The number of ether oxygens (including phenoxy) is 3. The third-order valence-electron chi connectivity index (χ3n) is 3.28. The second-order valence-electron chi connectivity index (χ2n) is 6.86. The van der Waals surface area contributed by atoms with E-state index in [0.717, 1.165) is 5.56 Å². The average molecular weight is 380 g/mol. The summed E-state index contributed by atoms with van der Waals surface area (Å²) in [5.41, 5.74) is 0.166. The number of nitrogens with one attached hydrogen (secondary N) is 2. The van der Waals surface area contributed by atoms with Crippen LogP contribution >= 0.6 is 0 Å². The number of benzene rings is 1. The van der Waals surface area contributed by atoms with Crippen LogP contribution in [0.3, 0.4) is 0 Å². The van der Waals surface area contributed by atoms with Crippen molar-refractivity contribution in [2.45, 2.75) is 51.9 Å². The molecule has 1 atom stereocenters. The Hall–Kier alpha value is -2.61. The minimum Gasteiger partial charge on any atom is -0.461 e. The van der Waals surface area contributed by atoms with Crippen molar-refractivity contribution in [1.82, 2.24) is 10.6 Å². The van der Waals surface area contributed by atoms with Gasteiger partial charge in [-0.25, -0.2) is 4.79 Å². The summed E-state index contributed by atoms with van der Waals surface area (Å²) in [6.45, 7) is 5.29. The Morgan fingerprint density at radius 1 is 1.11 bits per heavy atom. The molecule has 8 heteroatoms. The van der Waals surface area contributed by atoms with E-state index in [9.17, 15) is 14.4 Å². The fraction of sp³-hybridized carbons (Fsp3) is 0.526. The van der Waals surface area contributed by atoms with Gasteiger partial charge in [0.2, 0.25) is 5.91 Å². The van der Waals surface area contributed by atoms with Crippen molar-refractivity contribution in [3.05, 3.63) is 35.9 Å². The number of esters is 1. The van der Waals surface area contributed by atoms with Gasteiger partial charge in [-0.1, -0.05) is 30.3 Å². The van der Waals surface area contributed by atoms with Gasteiger partial charge in [-0.05, 0) is 32.8 Å². The summed E-state index contributed by atoms with van der Waals surface area (Å²) in [5, 5.41) is 4.97. The zero-order valence-corrected chi connectivity index (χ0v) is 16.2. The molecule has 0 aliphatic rings. The Balaban J connectivity index is 2.55. The third-order valence-corrected chi connectivity index (χ3v) is 3.28. The molecule has 0 spiro atoms. The van der Waals surface area contributed by atoms with Crippen molar-refractivity contribution in [1.29, 1.82) is 0 Å². The van der Waals surface area contributed by atoms with Gasteiger partial charge >= 0.3 is 12.1 Å². The first-order valence-corrected chi connectivity index (χ1v) is 8.67. The zero-order valence-electron chi connectivity index (χ0n) is 16.2. The lowest BCUT2D eigenvalue weighted by atomic mass is 10.1. The number of carbonyl (C=O) groups is 3. The molecule has 1 aromatic rings. The maximum Gasteiger partial charge on any atom is 0.408 e. The smallest absolute Gasteiger partial charge is 0.408 e. The summed E-state index contributed by atoms with van der Waals surface area (Å²) in [7, 11) is 1.43. The molecule has 27 heavy (non-hydrogen) atoms. The van der Waals surface area contributed by atoms with Gasteiger partial charge in [0.05, 0.1) is 0 Å². The van der Waals surface area contributed by atoms with Gasteiger partial charge in [-0.3, -0.25) is 9.59 Å². The summed E-state index contributed by atoms with van der Waals surface area (Å²) in [6.07, 6.45) is -0.700. The molecule has 0 bridgehead atoms. The predicted octanol–water partition coefficient (Wildman–Crippen LogP) is 2.12. The lowest BCUT2D eigenvalue weighted by Crippen LogP contribution is -2.48. The highest BCUT2D eigenvalue weighted by Gasteiger charge is 2.25. The maximum atomic E-state index is 12.2. The molecule has 1 aromatic carbocycles. The summed E-state index contributed by atoms with van der Waals surface area (Å²) in [4.78, 5) is 36.1. The SMILES string of the molecule is COCNC(=O)C(CCC(=O)OCc1ccccc1)NC(=O)OC(C)(C)C. The summed E-state index contributed by atoms with van der Waals surface area (Å²) >= 11 is 0. The standard InChI is InChI=1S/C19H28N2O6/c1-19(2,3)27-18(24)21-15(17(23)20-13-25-4)10-11-16(22)26-12-14-8-6-5-7-9-14/h5-9,15H,10-13H2,1-4H3,(H,20,23)(H,21,24). The minimum absolute atomic E-state index is 0.0101. The molecular weight excluding hydrogens is 352 g/mol. The molecule has 0 saturated heterocycles. The van der Waals surface area contributed by atoms with Gasteiger partial charge in [0.25, 0.3) is 0 Å². The van der Waals surface area contributed by atoms with E-state index in [1.165, 1.54) is 7.11 Å². The fourth-order valence-electron chi connectivity index (χ4n) is 2.06. The maximum absolute atomic E-state index is 12.2. The van der Waals surface area contributed by atoms with Crippen LogP contribution < -0.4 is 10.6 Å². The fourth-order valence-corrected chi connectivity index (χ4v) is 2.06. The number of alkyl carbamates (subject to hydrolysis) is 1. The molecule has 1 unspecified atom stereocenters. The molecule has 8 nitrogen and oxygen atoms in total. The Morgan fingerprint density at radius 2 is 1.78 bits per heavy atom. The van der Waals surface area contributed by atoms with Crippen LogP contribution in [0.2, 0.25) is 0 Å². The quantitative estimate of drug-likeness (QED) is 0.502. The predicted molar refractivity (Wildman–Crippen MR) is 98.6 cm³/mol. The molecule has 2 N–H and O–H groups in total. The molecule has 0 radical (unpaired) electrons. The highest BCUT2D eigenvalue weighted by atomic mass is 16.6. The number of hydrogen-bond acceptors (Lipinski definition) is 6. The topological polar surface area (TPSA) is 103 Å². The van der Waals surface area contributed by atoms with Gasteiger partial charge in [0.15, 0.2) is 0 Å². The van der Waals surface area contributed by atoms with Crippen LogP contribution in [-0.2, 0) is 30.4 Å². The lowest BCUT2D eigenvalue weighted by molar-refractivity contribution is -0.145. The number of carbonyl (C=O) groups excluding carboxylic acids is 3. The number of amides is 2. The van der Waals surface area contributed by atoms with Crippen molar-refractivity contribution in [3.63, 3.8) is 0 Å². The van der Waals surface area contributed by atoms with Gasteiger partial charge in [0.1, 0.15) is 25.0 Å². The van der Waals surface area contributed by atoms with E-state index in [2.05, 4.69) is 10.6 Å². The third kappa shape index (κ3) is 10.2. The molecule has 2 amide bonds. The molecule has 0 saturated carbocycles. The van der Waals surface area contributed by atoms with Crippen molar-refractivity contribution in [2.75, 3.05) is 13.8 Å².